The summed E-state index contributed by atoms with van der Waals surface area (Å²) in [6.45, 7) is 3.91. The minimum Gasteiger partial charge on any atom is -0.871 e. The number of pyridine rings is 2. The van der Waals surface area contributed by atoms with E-state index in [1.807, 2.05) is 86.6 Å². The van der Waals surface area contributed by atoms with E-state index in [2.05, 4.69) is 30.4 Å². The second-order valence-electron chi connectivity index (χ2n) is 9.05. The minimum atomic E-state index is -0.139. The predicted molar refractivity (Wildman–Crippen MR) is 153 cm³/mol. The zero-order valence-electron chi connectivity index (χ0n) is 22.6. The van der Waals surface area contributed by atoms with Gasteiger partial charge in [-0.3, -0.25) is 0 Å². The molecule has 0 saturated heterocycles. The number of hydrogen-bond acceptors (Lipinski definition) is 8. The van der Waals surface area contributed by atoms with Crippen molar-refractivity contribution in [2.75, 3.05) is 0 Å². The van der Waals surface area contributed by atoms with Crippen molar-refractivity contribution < 1.29 is 29.7 Å². The smallest absolute Gasteiger partial charge is 0.871 e. The van der Waals surface area contributed by atoms with Crippen LogP contribution in [0.25, 0.3) is 21.5 Å². The molecule has 8 nitrogen and oxygen atoms in total. The average molecular weight is 590 g/mol. The van der Waals surface area contributed by atoms with Gasteiger partial charge in [0.25, 0.3) is 0 Å². The average Bonchev–Trinajstić information content (AvgIpc) is 2.97. The maximum absolute atomic E-state index is 11.9. The fourth-order valence-corrected chi connectivity index (χ4v) is 4.03. The van der Waals surface area contributed by atoms with Gasteiger partial charge in [0.05, 0.1) is 11.4 Å². The summed E-state index contributed by atoms with van der Waals surface area (Å²) < 4.78 is 0. The number of azo groups is 2. The van der Waals surface area contributed by atoms with E-state index in [1.165, 1.54) is 12.1 Å². The molecular weight excluding hydrogens is 566 g/mol. The first kappa shape index (κ1) is 29.1. The SMILES string of the molecule is Cc1ccnc(/N=N/c2c([O-])ccc3ccccc23)c1.Cc1ccnc(/N=N/c2c([O-])ccc3ccccc23)c1.[Zn+2]. The monoisotopic (exact) mass is 588 g/mol. The maximum atomic E-state index is 11.9. The van der Waals surface area contributed by atoms with Crippen molar-refractivity contribution in [1.29, 1.82) is 0 Å². The molecule has 2 heterocycles. The van der Waals surface area contributed by atoms with Crippen molar-refractivity contribution >= 4 is 44.6 Å². The van der Waals surface area contributed by atoms with E-state index in [4.69, 9.17) is 0 Å². The van der Waals surface area contributed by atoms with Crippen molar-refractivity contribution in [3.63, 3.8) is 0 Å². The van der Waals surface area contributed by atoms with Crippen molar-refractivity contribution in [1.82, 2.24) is 9.97 Å². The Morgan fingerprint density at radius 3 is 1.34 bits per heavy atom. The first-order valence-corrected chi connectivity index (χ1v) is 12.5. The van der Waals surface area contributed by atoms with Crippen molar-refractivity contribution in [2.45, 2.75) is 13.8 Å². The second-order valence-corrected chi connectivity index (χ2v) is 9.05. The van der Waals surface area contributed by atoms with E-state index in [0.29, 0.717) is 23.0 Å². The molecule has 2 aromatic heterocycles. The van der Waals surface area contributed by atoms with Gasteiger partial charge in [0, 0.05) is 23.2 Å². The molecule has 196 valence electrons. The number of aromatic nitrogens is 2. The minimum absolute atomic E-state index is 0. The molecular formula is C32H24N6O2Zn. The van der Waals surface area contributed by atoms with E-state index in [9.17, 15) is 10.2 Å². The second kappa shape index (κ2) is 13.5. The number of aryl methyl sites for hydroxylation is 2. The predicted octanol–water partition coefficient (Wildman–Crippen LogP) is 8.06. The Hall–Kier alpha value is -4.88. The first-order valence-electron chi connectivity index (χ1n) is 12.5. The zero-order chi connectivity index (χ0) is 27.9. The summed E-state index contributed by atoms with van der Waals surface area (Å²) in [5.74, 6) is 0.717. The Morgan fingerprint density at radius 2 is 0.927 bits per heavy atom. The summed E-state index contributed by atoms with van der Waals surface area (Å²) in [7, 11) is 0. The van der Waals surface area contributed by atoms with Gasteiger partial charge < -0.3 is 10.2 Å². The van der Waals surface area contributed by atoms with Crippen LogP contribution in [0.4, 0.5) is 23.0 Å². The van der Waals surface area contributed by atoms with Gasteiger partial charge in [0.2, 0.25) is 0 Å². The molecule has 0 aliphatic rings. The number of nitrogens with zero attached hydrogens (tertiary/aromatic N) is 6. The molecule has 9 heteroatoms. The van der Waals surface area contributed by atoms with Crippen LogP contribution >= 0.6 is 0 Å². The van der Waals surface area contributed by atoms with Crippen molar-refractivity contribution in [3.8, 4) is 11.5 Å². The quantitative estimate of drug-likeness (QED) is 0.152. The number of rotatable bonds is 4. The van der Waals surface area contributed by atoms with Crippen LogP contribution in [0.15, 0.2) is 130 Å². The number of benzene rings is 4. The van der Waals surface area contributed by atoms with E-state index < -0.39 is 0 Å². The van der Waals surface area contributed by atoms with Gasteiger partial charge in [-0.15, -0.1) is 20.5 Å². The van der Waals surface area contributed by atoms with Gasteiger partial charge in [0.15, 0.2) is 11.6 Å². The normalized spacial score (nSPS) is 11.0. The third-order valence-corrected chi connectivity index (χ3v) is 6.03. The molecule has 6 rings (SSSR count). The van der Waals surface area contributed by atoms with E-state index in [0.717, 1.165) is 32.7 Å². The Kier molecular flexibility index (Phi) is 9.56. The fraction of sp³-hybridized carbons (Fsp3) is 0.0625. The molecule has 41 heavy (non-hydrogen) atoms. The van der Waals surface area contributed by atoms with Crippen LogP contribution in [-0.2, 0) is 19.5 Å². The number of hydrogen-bond donors (Lipinski definition) is 0. The molecule has 0 saturated carbocycles. The van der Waals surface area contributed by atoms with Crippen LogP contribution in [-0.4, -0.2) is 9.97 Å². The summed E-state index contributed by atoms with van der Waals surface area (Å²) in [5, 5.41) is 43.8. The molecule has 0 bridgehead atoms. The molecule has 0 aliphatic heterocycles. The largest absolute Gasteiger partial charge is 2.00 e. The van der Waals surface area contributed by atoms with E-state index >= 15 is 0 Å². The van der Waals surface area contributed by atoms with Crippen LogP contribution in [0.5, 0.6) is 11.5 Å². The third-order valence-electron chi connectivity index (χ3n) is 6.03. The summed E-state index contributed by atoms with van der Waals surface area (Å²) in [6, 6.07) is 29.3. The Balaban J connectivity index is 0.000000184. The third kappa shape index (κ3) is 7.21. The molecule has 0 radical (unpaired) electrons. The maximum Gasteiger partial charge on any atom is 2.00 e. The summed E-state index contributed by atoms with van der Waals surface area (Å²) in [4.78, 5) is 8.20. The van der Waals surface area contributed by atoms with E-state index in [1.54, 1.807) is 24.5 Å². The molecule has 0 fully saturated rings. The molecule has 0 aliphatic carbocycles. The summed E-state index contributed by atoms with van der Waals surface area (Å²) in [5.41, 5.74) is 2.81. The van der Waals surface area contributed by atoms with Gasteiger partial charge in [-0.05, 0) is 60.0 Å². The summed E-state index contributed by atoms with van der Waals surface area (Å²) in [6.07, 6.45) is 3.34. The molecule has 4 aromatic carbocycles. The number of fused-ring (bicyclic) bond motifs is 2. The molecule has 0 spiro atoms. The molecule has 0 amide bonds. The van der Waals surface area contributed by atoms with E-state index in [-0.39, 0.29) is 31.0 Å². The van der Waals surface area contributed by atoms with Gasteiger partial charge in [-0.2, -0.15) is 0 Å². The Bertz CT molecular complexity index is 1740. The topological polar surface area (TPSA) is 121 Å². The zero-order valence-corrected chi connectivity index (χ0v) is 25.6. The van der Waals surface area contributed by atoms with Crippen LogP contribution < -0.4 is 10.2 Å². The standard InChI is InChI=1S/2C16H13N3O.Zn/c2*1-11-8-9-17-15(10-11)18-19-16-13-5-3-2-4-12(13)6-7-14(16)20;/h2*2-10,20H,1H3;/q;;+2/p-2/b2*19-18+;. The molecule has 0 atom stereocenters. The van der Waals surface area contributed by atoms with Gasteiger partial charge in [0.1, 0.15) is 0 Å². The van der Waals surface area contributed by atoms with Crippen LogP contribution in [0.2, 0.25) is 0 Å². The van der Waals surface area contributed by atoms with Crippen LogP contribution in [0.1, 0.15) is 11.1 Å². The first-order chi connectivity index (χ1) is 19.5. The molecule has 0 unspecified atom stereocenters. The summed E-state index contributed by atoms with van der Waals surface area (Å²) >= 11 is 0. The van der Waals surface area contributed by atoms with Crippen LogP contribution in [0.3, 0.4) is 0 Å². The Morgan fingerprint density at radius 1 is 0.512 bits per heavy atom. The molecule has 0 N–H and O–H groups in total. The van der Waals surface area contributed by atoms with Gasteiger partial charge >= 0.3 is 19.5 Å². The molecule has 6 aromatic rings. The Labute approximate surface area is 250 Å². The fourth-order valence-electron chi connectivity index (χ4n) is 4.03. The van der Waals surface area contributed by atoms with Gasteiger partial charge in [-0.1, -0.05) is 84.3 Å². The van der Waals surface area contributed by atoms with Crippen molar-refractivity contribution in [3.05, 3.63) is 121 Å². The van der Waals surface area contributed by atoms with Crippen LogP contribution in [0, 0.1) is 13.8 Å². The van der Waals surface area contributed by atoms with Crippen molar-refractivity contribution in [2.24, 2.45) is 20.5 Å². The van der Waals surface area contributed by atoms with Gasteiger partial charge in [-0.25, -0.2) is 9.97 Å².